The predicted octanol–water partition coefficient (Wildman–Crippen LogP) is 4.33. The van der Waals surface area contributed by atoms with Crippen LogP contribution in [-0.4, -0.2) is 50.9 Å². The van der Waals surface area contributed by atoms with Crippen LogP contribution in [0.5, 0.6) is 5.88 Å². The Kier molecular flexibility index (Phi) is 7.86. The second-order valence-electron chi connectivity index (χ2n) is 7.98. The van der Waals surface area contributed by atoms with Gasteiger partial charge in [0, 0.05) is 30.8 Å². The molecule has 1 aromatic carbocycles. The molecule has 0 spiro atoms. The van der Waals surface area contributed by atoms with Crippen molar-refractivity contribution in [2.45, 2.75) is 26.8 Å². The number of nitrogens with one attached hydrogen (secondary N) is 2. The van der Waals surface area contributed by atoms with Crippen LogP contribution in [0.3, 0.4) is 0 Å². The van der Waals surface area contributed by atoms with Gasteiger partial charge in [-0.2, -0.15) is 4.98 Å². The summed E-state index contributed by atoms with van der Waals surface area (Å²) < 4.78 is 30.0. The molecule has 2 N–H and O–H groups in total. The van der Waals surface area contributed by atoms with Gasteiger partial charge in [0.15, 0.2) is 0 Å². The van der Waals surface area contributed by atoms with E-state index in [9.17, 15) is 9.59 Å². The number of carbonyl (C=O) groups is 2. The molecule has 0 saturated carbocycles. The number of methoxy groups -OCH3 is 1. The number of aromatic nitrogens is 4. The Balaban J connectivity index is 1.50. The number of amides is 3. The highest BCUT2D eigenvalue weighted by Crippen LogP contribution is 2.36. The van der Waals surface area contributed by atoms with E-state index >= 15 is 4.39 Å². The van der Waals surface area contributed by atoms with E-state index in [0.717, 1.165) is 5.01 Å². The SMILES string of the molecule is CCN(NC(=O)c1cc(OC)no1)C(=O)N[C@H](C)c1ncc(-c2cccc(Cl)c2-c2noc(C)n2)cc1F. The van der Waals surface area contributed by atoms with Crippen LogP contribution in [0, 0.1) is 12.7 Å². The van der Waals surface area contributed by atoms with Crippen LogP contribution in [0.1, 0.15) is 42.0 Å². The van der Waals surface area contributed by atoms with Crippen LogP contribution in [0.4, 0.5) is 9.18 Å². The second kappa shape index (κ2) is 11.3. The van der Waals surface area contributed by atoms with Gasteiger partial charge in [-0.3, -0.25) is 15.2 Å². The molecule has 0 aliphatic carbocycles. The van der Waals surface area contributed by atoms with Gasteiger partial charge < -0.3 is 19.1 Å². The number of pyridine rings is 1. The first kappa shape index (κ1) is 26.5. The third-order valence-electron chi connectivity index (χ3n) is 5.41. The number of hydrazine groups is 1. The zero-order valence-corrected chi connectivity index (χ0v) is 21.5. The molecule has 4 aromatic rings. The van der Waals surface area contributed by atoms with Gasteiger partial charge in [-0.1, -0.05) is 28.9 Å². The first-order valence-corrected chi connectivity index (χ1v) is 11.7. The summed E-state index contributed by atoms with van der Waals surface area (Å²) in [6, 6.07) is 6.14. The Morgan fingerprint density at radius 3 is 2.66 bits per heavy atom. The summed E-state index contributed by atoms with van der Waals surface area (Å²) in [5.74, 6) is -0.800. The van der Waals surface area contributed by atoms with Crippen molar-refractivity contribution in [3.05, 3.63) is 64.7 Å². The molecule has 0 aliphatic heterocycles. The summed E-state index contributed by atoms with van der Waals surface area (Å²) in [4.78, 5) is 33.6. The average Bonchev–Trinajstić information content (AvgIpc) is 3.55. The maximum absolute atomic E-state index is 15.2. The van der Waals surface area contributed by atoms with Gasteiger partial charge in [-0.15, -0.1) is 0 Å². The maximum Gasteiger partial charge on any atom is 0.336 e. The highest BCUT2D eigenvalue weighted by molar-refractivity contribution is 6.34. The molecule has 0 fully saturated rings. The largest absolute Gasteiger partial charge is 0.479 e. The summed E-state index contributed by atoms with van der Waals surface area (Å²) in [5, 5.41) is 11.4. The van der Waals surface area contributed by atoms with E-state index < -0.39 is 23.8 Å². The van der Waals surface area contributed by atoms with Crippen LogP contribution >= 0.6 is 11.6 Å². The lowest BCUT2D eigenvalue weighted by atomic mass is 9.99. The van der Waals surface area contributed by atoms with E-state index in [2.05, 4.69) is 31.0 Å². The molecule has 14 heteroatoms. The summed E-state index contributed by atoms with van der Waals surface area (Å²) in [7, 11) is 1.37. The number of carbonyl (C=O) groups excluding carboxylic acids is 2. The molecule has 3 aromatic heterocycles. The van der Waals surface area contributed by atoms with Gasteiger partial charge in [0.1, 0.15) is 5.82 Å². The van der Waals surface area contributed by atoms with Gasteiger partial charge in [0.05, 0.1) is 29.9 Å². The van der Waals surface area contributed by atoms with Crippen molar-refractivity contribution >= 4 is 23.5 Å². The van der Waals surface area contributed by atoms with E-state index in [-0.39, 0.29) is 29.7 Å². The number of benzene rings is 1. The Morgan fingerprint density at radius 1 is 1.24 bits per heavy atom. The molecule has 0 bridgehead atoms. The minimum absolute atomic E-state index is 0.0107. The number of ether oxygens (including phenoxy) is 1. The van der Waals surface area contributed by atoms with Crippen molar-refractivity contribution in [1.82, 2.24) is 36.0 Å². The minimum atomic E-state index is -0.841. The quantitative estimate of drug-likeness (QED) is 0.325. The molecule has 12 nitrogen and oxygen atoms in total. The fourth-order valence-corrected chi connectivity index (χ4v) is 3.81. The lowest BCUT2D eigenvalue weighted by Crippen LogP contribution is -2.51. The number of hydrogen-bond acceptors (Lipinski definition) is 9. The molecular weight excluding hydrogens is 521 g/mol. The Morgan fingerprint density at radius 2 is 2.03 bits per heavy atom. The second-order valence-corrected chi connectivity index (χ2v) is 8.39. The molecule has 0 saturated heterocycles. The Bertz CT molecular complexity index is 1470. The monoisotopic (exact) mass is 543 g/mol. The highest BCUT2D eigenvalue weighted by Gasteiger charge is 2.24. The fraction of sp³-hybridized carbons (Fsp3) is 0.250. The first-order chi connectivity index (χ1) is 18.2. The summed E-state index contributed by atoms with van der Waals surface area (Å²) in [6.07, 6.45) is 1.46. The minimum Gasteiger partial charge on any atom is -0.479 e. The van der Waals surface area contributed by atoms with Gasteiger partial charge >= 0.3 is 11.9 Å². The Labute approximate surface area is 221 Å². The zero-order chi connectivity index (χ0) is 27.4. The Hall–Kier alpha value is -4.52. The topological polar surface area (TPSA) is 149 Å². The fourth-order valence-electron chi connectivity index (χ4n) is 3.55. The number of nitrogens with zero attached hydrogens (tertiary/aromatic N) is 5. The van der Waals surface area contributed by atoms with Gasteiger partial charge in [0.25, 0.3) is 5.88 Å². The van der Waals surface area contributed by atoms with Crippen LogP contribution < -0.4 is 15.5 Å². The molecule has 3 heterocycles. The number of urea groups is 1. The number of aryl methyl sites for hydroxylation is 1. The molecule has 0 aliphatic rings. The lowest BCUT2D eigenvalue weighted by Gasteiger charge is -2.24. The summed E-state index contributed by atoms with van der Waals surface area (Å²) in [6.45, 7) is 4.96. The van der Waals surface area contributed by atoms with E-state index in [1.165, 1.54) is 25.4 Å². The third kappa shape index (κ3) is 5.57. The van der Waals surface area contributed by atoms with Crippen molar-refractivity contribution in [2.24, 2.45) is 0 Å². The molecule has 3 amide bonds. The van der Waals surface area contributed by atoms with Crippen molar-refractivity contribution < 1.29 is 27.8 Å². The molecule has 0 unspecified atom stereocenters. The van der Waals surface area contributed by atoms with Crippen LogP contribution in [0.25, 0.3) is 22.5 Å². The molecular formula is C24H23ClFN7O5. The molecule has 38 heavy (non-hydrogen) atoms. The van der Waals surface area contributed by atoms with Gasteiger partial charge in [-0.25, -0.2) is 14.2 Å². The van der Waals surface area contributed by atoms with Gasteiger partial charge in [0.2, 0.25) is 17.5 Å². The lowest BCUT2D eigenvalue weighted by molar-refractivity contribution is 0.0791. The smallest absolute Gasteiger partial charge is 0.336 e. The standard InChI is InChI=1S/C24H23ClFN7O5/c1-5-33(30-23(34)18-10-19(36-4)31-38-18)24(35)28-12(2)21-17(26)9-14(11-27-21)15-7-6-8-16(25)20(15)22-29-13(3)37-32-22/h6-12H,5H2,1-4H3,(H,28,35)(H,30,34)/t12-/m1/s1. The van der Waals surface area contributed by atoms with Crippen LogP contribution in [0.15, 0.2) is 45.6 Å². The number of hydrogen-bond donors (Lipinski definition) is 2. The van der Waals surface area contributed by atoms with E-state index in [0.29, 0.717) is 27.6 Å². The van der Waals surface area contributed by atoms with Gasteiger partial charge in [-0.05, 0) is 36.7 Å². The maximum atomic E-state index is 15.2. The van der Waals surface area contributed by atoms with Crippen molar-refractivity contribution in [1.29, 1.82) is 0 Å². The van der Waals surface area contributed by atoms with Crippen LogP contribution in [-0.2, 0) is 0 Å². The van der Waals surface area contributed by atoms with E-state index in [1.54, 1.807) is 39.0 Å². The zero-order valence-electron chi connectivity index (χ0n) is 20.8. The summed E-state index contributed by atoms with van der Waals surface area (Å²) in [5.41, 5.74) is 3.84. The third-order valence-corrected chi connectivity index (χ3v) is 5.73. The number of rotatable bonds is 7. The highest BCUT2D eigenvalue weighted by atomic mass is 35.5. The van der Waals surface area contributed by atoms with Crippen molar-refractivity contribution in [2.75, 3.05) is 13.7 Å². The molecule has 4 rings (SSSR count). The number of halogens is 2. The predicted molar refractivity (Wildman–Crippen MR) is 133 cm³/mol. The van der Waals surface area contributed by atoms with Crippen LogP contribution in [0.2, 0.25) is 5.02 Å². The van der Waals surface area contributed by atoms with Crippen molar-refractivity contribution in [3.8, 4) is 28.4 Å². The molecule has 198 valence electrons. The molecule has 0 radical (unpaired) electrons. The van der Waals surface area contributed by atoms with E-state index in [1.807, 2.05) is 0 Å². The van der Waals surface area contributed by atoms with E-state index in [4.69, 9.17) is 25.4 Å². The normalized spacial score (nSPS) is 11.6. The van der Waals surface area contributed by atoms with Crippen molar-refractivity contribution in [3.63, 3.8) is 0 Å². The average molecular weight is 544 g/mol. The molecule has 1 atom stereocenters. The first-order valence-electron chi connectivity index (χ1n) is 11.4. The summed E-state index contributed by atoms with van der Waals surface area (Å²) >= 11 is 6.40.